The summed E-state index contributed by atoms with van der Waals surface area (Å²) in [5.41, 5.74) is 0. The zero-order valence-corrected chi connectivity index (χ0v) is 35.6. The van der Waals surface area contributed by atoms with Gasteiger partial charge >= 0.3 is 17.9 Å². The third kappa shape index (κ3) is 41.2. The van der Waals surface area contributed by atoms with Gasteiger partial charge in [0.25, 0.3) is 0 Å². The Hall–Kier alpha value is -3.93. The van der Waals surface area contributed by atoms with E-state index in [0.29, 0.717) is 12.8 Å². The third-order valence-corrected chi connectivity index (χ3v) is 8.72. The Kier molecular flexibility index (Phi) is 40.7. The maximum atomic E-state index is 12.7. The van der Waals surface area contributed by atoms with Crippen LogP contribution in [0.4, 0.5) is 0 Å². The lowest BCUT2D eigenvalue weighted by atomic mass is 10.0. The average molecular weight is 775 g/mol. The van der Waals surface area contributed by atoms with Crippen LogP contribution in [-0.4, -0.2) is 37.2 Å². The van der Waals surface area contributed by atoms with Crippen LogP contribution in [0.2, 0.25) is 0 Å². The fourth-order valence-corrected chi connectivity index (χ4v) is 5.47. The van der Waals surface area contributed by atoms with Crippen molar-refractivity contribution in [2.24, 2.45) is 0 Å². The Morgan fingerprint density at radius 1 is 0.411 bits per heavy atom. The summed E-state index contributed by atoms with van der Waals surface area (Å²) in [7, 11) is 0. The first-order valence-electron chi connectivity index (χ1n) is 22.0. The molecule has 0 N–H and O–H groups in total. The van der Waals surface area contributed by atoms with Crippen LogP contribution in [0.3, 0.4) is 0 Å². The van der Waals surface area contributed by atoms with Gasteiger partial charge in [-0.25, -0.2) is 0 Å². The van der Waals surface area contributed by atoms with Crippen LogP contribution in [0.5, 0.6) is 0 Å². The van der Waals surface area contributed by atoms with Crippen LogP contribution in [0.1, 0.15) is 168 Å². The maximum Gasteiger partial charge on any atom is 0.309 e. The van der Waals surface area contributed by atoms with E-state index in [4.69, 9.17) is 14.2 Å². The maximum absolute atomic E-state index is 12.7. The Morgan fingerprint density at radius 3 is 1.39 bits per heavy atom. The van der Waals surface area contributed by atoms with Crippen molar-refractivity contribution in [2.75, 3.05) is 13.2 Å². The summed E-state index contributed by atoms with van der Waals surface area (Å²) >= 11 is 0. The summed E-state index contributed by atoms with van der Waals surface area (Å²) in [6, 6.07) is 0. The molecule has 0 spiro atoms. The SMILES string of the molecule is CC\C=C/C=C\C=C/C=C\C=C\C=C/CCCCCC(=O)OCC(COC(=O)C/C=C\C/C=C\C/C=C\CC)OC(=O)CCCCCCCCCCCCCC. The van der Waals surface area contributed by atoms with Gasteiger partial charge in [-0.05, 0) is 51.4 Å². The largest absolute Gasteiger partial charge is 0.462 e. The van der Waals surface area contributed by atoms with E-state index in [0.717, 1.165) is 70.6 Å². The first-order chi connectivity index (χ1) is 27.5. The molecule has 0 aromatic heterocycles. The number of rotatable bonds is 37. The van der Waals surface area contributed by atoms with Crippen molar-refractivity contribution in [3.63, 3.8) is 0 Å². The highest BCUT2D eigenvalue weighted by atomic mass is 16.6. The van der Waals surface area contributed by atoms with Crippen LogP contribution >= 0.6 is 0 Å². The van der Waals surface area contributed by atoms with Crippen molar-refractivity contribution >= 4 is 17.9 Å². The molecule has 0 saturated carbocycles. The predicted molar refractivity (Wildman–Crippen MR) is 237 cm³/mol. The van der Waals surface area contributed by atoms with Crippen LogP contribution in [0.25, 0.3) is 0 Å². The van der Waals surface area contributed by atoms with Gasteiger partial charge in [-0.1, -0.05) is 207 Å². The molecule has 56 heavy (non-hydrogen) atoms. The van der Waals surface area contributed by atoms with Gasteiger partial charge in [0.15, 0.2) is 6.10 Å². The van der Waals surface area contributed by atoms with E-state index in [2.05, 4.69) is 57.2 Å². The Morgan fingerprint density at radius 2 is 0.839 bits per heavy atom. The van der Waals surface area contributed by atoms with Crippen LogP contribution in [-0.2, 0) is 28.6 Å². The average Bonchev–Trinajstić information content (AvgIpc) is 3.19. The highest BCUT2D eigenvalue weighted by molar-refractivity contribution is 5.72. The molecule has 6 heteroatoms. The molecule has 0 rings (SSSR count). The number of hydrogen-bond donors (Lipinski definition) is 0. The van der Waals surface area contributed by atoms with Gasteiger partial charge in [0.2, 0.25) is 0 Å². The lowest BCUT2D eigenvalue weighted by Crippen LogP contribution is -2.30. The van der Waals surface area contributed by atoms with E-state index in [9.17, 15) is 14.4 Å². The number of carbonyl (C=O) groups excluding carboxylic acids is 3. The predicted octanol–water partition coefficient (Wildman–Crippen LogP) is 14.0. The monoisotopic (exact) mass is 775 g/mol. The molecular formula is C50H78O6. The van der Waals surface area contributed by atoms with E-state index < -0.39 is 12.1 Å². The molecule has 0 aliphatic rings. The molecule has 0 bridgehead atoms. The fraction of sp³-hybridized carbons (Fsp3) is 0.580. The molecule has 6 nitrogen and oxygen atoms in total. The van der Waals surface area contributed by atoms with E-state index in [1.807, 2.05) is 66.8 Å². The van der Waals surface area contributed by atoms with E-state index >= 15 is 0 Å². The smallest absolute Gasteiger partial charge is 0.309 e. The Balaban J connectivity index is 4.54. The van der Waals surface area contributed by atoms with Crippen molar-refractivity contribution in [1.29, 1.82) is 0 Å². The highest BCUT2D eigenvalue weighted by Crippen LogP contribution is 2.13. The van der Waals surface area contributed by atoms with Gasteiger partial charge in [-0.15, -0.1) is 0 Å². The van der Waals surface area contributed by atoms with Gasteiger partial charge in [0.1, 0.15) is 13.2 Å². The Bertz CT molecular complexity index is 1210. The first-order valence-corrected chi connectivity index (χ1v) is 22.0. The topological polar surface area (TPSA) is 78.9 Å². The summed E-state index contributed by atoms with van der Waals surface area (Å²) in [4.78, 5) is 37.6. The number of hydrogen-bond acceptors (Lipinski definition) is 6. The van der Waals surface area contributed by atoms with Crippen molar-refractivity contribution in [2.45, 2.75) is 175 Å². The second-order valence-corrected chi connectivity index (χ2v) is 14.0. The number of unbranched alkanes of at least 4 members (excludes halogenated alkanes) is 14. The minimum Gasteiger partial charge on any atom is -0.462 e. The van der Waals surface area contributed by atoms with Crippen molar-refractivity contribution in [1.82, 2.24) is 0 Å². The van der Waals surface area contributed by atoms with Gasteiger partial charge in [0.05, 0.1) is 6.42 Å². The molecule has 0 aromatic rings. The summed E-state index contributed by atoms with van der Waals surface area (Å²) in [6.07, 6.45) is 58.1. The van der Waals surface area contributed by atoms with E-state index in [1.54, 1.807) is 6.08 Å². The highest BCUT2D eigenvalue weighted by Gasteiger charge is 2.19. The lowest BCUT2D eigenvalue weighted by molar-refractivity contribution is -0.166. The van der Waals surface area contributed by atoms with Gasteiger partial charge in [-0.2, -0.15) is 0 Å². The quantitative estimate of drug-likeness (QED) is 0.0206. The molecule has 0 amide bonds. The van der Waals surface area contributed by atoms with Gasteiger partial charge in [-0.3, -0.25) is 14.4 Å². The standard InChI is InChI=1S/C50H78O6/c1-4-7-10-13-16-19-21-23-24-25-26-27-29-31-34-37-40-43-49(52)55-46-47(45-54-48(51)42-39-36-33-30-18-15-12-9-6-3)56-50(53)44-41-38-35-32-28-22-20-17-14-11-8-5-2/h7,9-10,12-13,16,18-19,21,23-27,29-30,36,39,47H,4-6,8,11,14-15,17,20,22,28,31-35,37-38,40-46H2,1-3H3/b10-7-,12-9-,16-13-,21-19-,24-23-,26-25+,29-27-,30-18-,39-36-. The van der Waals surface area contributed by atoms with E-state index in [-0.39, 0.29) is 31.6 Å². The molecule has 0 aliphatic carbocycles. The van der Waals surface area contributed by atoms with Crippen LogP contribution < -0.4 is 0 Å². The molecule has 0 radical (unpaired) electrons. The summed E-state index contributed by atoms with van der Waals surface area (Å²) in [5.74, 6) is -1.11. The molecule has 314 valence electrons. The molecule has 0 heterocycles. The second kappa shape index (κ2) is 43.8. The molecular weight excluding hydrogens is 697 g/mol. The van der Waals surface area contributed by atoms with Crippen molar-refractivity contribution in [3.8, 4) is 0 Å². The van der Waals surface area contributed by atoms with Crippen LogP contribution in [0, 0.1) is 0 Å². The van der Waals surface area contributed by atoms with Gasteiger partial charge in [0, 0.05) is 12.8 Å². The molecule has 0 saturated heterocycles. The van der Waals surface area contributed by atoms with Crippen molar-refractivity contribution in [3.05, 3.63) is 109 Å². The minimum atomic E-state index is -0.829. The number of ether oxygens (including phenoxy) is 3. The molecule has 0 fully saturated rings. The molecule has 0 aromatic carbocycles. The lowest BCUT2D eigenvalue weighted by Gasteiger charge is -2.18. The zero-order chi connectivity index (χ0) is 40.8. The summed E-state index contributed by atoms with van der Waals surface area (Å²) in [5, 5.41) is 0. The molecule has 1 unspecified atom stereocenters. The van der Waals surface area contributed by atoms with E-state index in [1.165, 1.54) is 57.8 Å². The summed E-state index contributed by atoms with van der Waals surface area (Å²) < 4.78 is 16.5. The number of esters is 3. The first kappa shape index (κ1) is 52.1. The minimum absolute atomic E-state index is 0.124. The summed E-state index contributed by atoms with van der Waals surface area (Å²) in [6.45, 7) is 6.20. The molecule has 1 atom stereocenters. The third-order valence-electron chi connectivity index (χ3n) is 8.72. The van der Waals surface area contributed by atoms with Crippen LogP contribution in [0.15, 0.2) is 109 Å². The normalized spacial score (nSPS) is 13.1. The fourth-order valence-electron chi connectivity index (χ4n) is 5.47. The number of carbonyl (C=O) groups is 3. The Labute approximate surface area is 342 Å². The zero-order valence-electron chi connectivity index (χ0n) is 35.6. The van der Waals surface area contributed by atoms with Crippen molar-refractivity contribution < 1.29 is 28.6 Å². The second-order valence-electron chi connectivity index (χ2n) is 14.0. The molecule has 0 aliphatic heterocycles. The number of allylic oxidation sites excluding steroid dienone is 17. The van der Waals surface area contributed by atoms with Gasteiger partial charge < -0.3 is 14.2 Å².